The topological polar surface area (TPSA) is 64.5 Å². The third kappa shape index (κ3) is 2.88. The van der Waals surface area contributed by atoms with Crippen molar-refractivity contribution in [1.29, 1.82) is 0 Å². The number of nitrogens with zero attached hydrogens (tertiary/aromatic N) is 2. The van der Waals surface area contributed by atoms with Crippen molar-refractivity contribution in [3.05, 3.63) is 32.2 Å². The number of hydrogen-bond acceptors (Lipinski definition) is 6. The maximum absolute atomic E-state index is 10.4. The molecular formula is C12H13BrN2O3S. The molecule has 2 aromatic rings. The fourth-order valence-corrected chi connectivity index (χ4v) is 3.10. The van der Waals surface area contributed by atoms with Gasteiger partial charge in [-0.1, -0.05) is 0 Å². The Morgan fingerprint density at radius 1 is 1.37 bits per heavy atom. The van der Waals surface area contributed by atoms with Crippen LogP contribution in [0.3, 0.4) is 0 Å². The third-order valence-corrected chi connectivity index (χ3v) is 4.74. The minimum Gasteiger partial charge on any atom is -0.480 e. The van der Waals surface area contributed by atoms with Crippen molar-refractivity contribution in [3.8, 4) is 11.8 Å². The third-order valence-electron chi connectivity index (χ3n) is 2.55. The molecule has 0 aliphatic carbocycles. The number of rotatable bonds is 4. The van der Waals surface area contributed by atoms with Crippen molar-refractivity contribution in [1.82, 2.24) is 9.97 Å². The van der Waals surface area contributed by atoms with Gasteiger partial charge in [-0.25, -0.2) is 4.98 Å². The standard InChI is InChI=1S/C12H13BrN2O3S/c1-6-7(13)4-8(19-6)11(16)10-12(18-3)15-9(17-2)5-14-10/h4-5,11,16H,1-3H3. The molecule has 102 valence electrons. The molecule has 0 saturated heterocycles. The molecule has 0 aliphatic rings. The predicted octanol–water partition coefficient (Wildman–Crippen LogP) is 2.71. The summed E-state index contributed by atoms with van der Waals surface area (Å²) in [5.41, 5.74) is 0.372. The lowest BCUT2D eigenvalue weighted by molar-refractivity contribution is 0.210. The second-order valence-electron chi connectivity index (χ2n) is 3.76. The van der Waals surface area contributed by atoms with Crippen LogP contribution in [0.2, 0.25) is 0 Å². The van der Waals surface area contributed by atoms with Crippen LogP contribution < -0.4 is 9.47 Å². The largest absolute Gasteiger partial charge is 0.480 e. The van der Waals surface area contributed by atoms with Crippen molar-refractivity contribution in [2.75, 3.05) is 14.2 Å². The molecule has 2 rings (SSSR count). The second-order valence-corrected chi connectivity index (χ2v) is 5.90. The Labute approximate surface area is 123 Å². The number of ether oxygens (including phenoxy) is 2. The summed E-state index contributed by atoms with van der Waals surface area (Å²) in [6, 6.07) is 1.87. The molecule has 0 amide bonds. The minimum atomic E-state index is -0.872. The highest BCUT2D eigenvalue weighted by atomic mass is 79.9. The molecule has 0 aliphatic heterocycles. The van der Waals surface area contributed by atoms with Gasteiger partial charge in [0.1, 0.15) is 11.8 Å². The molecule has 1 N–H and O–H groups in total. The Balaban J connectivity index is 2.40. The highest BCUT2D eigenvalue weighted by Crippen LogP contribution is 2.35. The van der Waals surface area contributed by atoms with Gasteiger partial charge in [-0.05, 0) is 28.9 Å². The van der Waals surface area contributed by atoms with Gasteiger partial charge >= 0.3 is 0 Å². The van der Waals surface area contributed by atoms with Crippen molar-refractivity contribution in [3.63, 3.8) is 0 Å². The van der Waals surface area contributed by atoms with Gasteiger partial charge in [0.2, 0.25) is 11.8 Å². The Morgan fingerprint density at radius 2 is 2.11 bits per heavy atom. The summed E-state index contributed by atoms with van der Waals surface area (Å²) in [4.78, 5) is 10.1. The zero-order valence-electron chi connectivity index (χ0n) is 10.7. The number of aromatic nitrogens is 2. The van der Waals surface area contributed by atoms with Gasteiger partial charge in [-0.3, -0.25) is 0 Å². The molecule has 0 radical (unpaired) electrons. The van der Waals surface area contributed by atoms with E-state index < -0.39 is 6.10 Å². The molecule has 0 saturated carbocycles. The van der Waals surface area contributed by atoms with Crippen LogP contribution in [0.5, 0.6) is 11.8 Å². The minimum absolute atomic E-state index is 0.258. The molecule has 7 heteroatoms. The summed E-state index contributed by atoms with van der Waals surface area (Å²) < 4.78 is 11.1. The van der Waals surface area contributed by atoms with Crippen molar-refractivity contribution < 1.29 is 14.6 Å². The lowest BCUT2D eigenvalue weighted by Crippen LogP contribution is -2.06. The number of halogens is 1. The van der Waals surface area contributed by atoms with E-state index in [1.165, 1.54) is 31.8 Å². The predicted molar refractivity (Wildman–Crippen MR) is 76.0 cm³/mol. The number of aryl methyl sites for hydroxylation is 1. The molecule has 0 bridgehead atoms. The van der Waals surface area contributed by atoms with Gasteiger partial charge in [0, 0.05) is 14.2 Å². The van der Waals surface area contributed by atoms with Gasteiger partial charge in [-0.15, -0.1) is 11.3 Å². The van der Waals surface area contributed by atoms with Crippen LogP contribution in [0, 0.1) is 6.92 Å². The van der Waals surface area contributed by atoms with E-state index in [0.717, 1.165) is 14.2 Å². The second kappa shape index (κ2) is 5.85. The summed E-state index contributed by atoms with van der Waals surface area (Å²) >= 11 is 4.92. The monoisotopic (exact) mass is 344 g/mol. The quantitative estimate of drug-likeness (QED) is 0.923. The van der Waals surface area contributed by atoms with Gasteiger partial charge < -0.3 is 14.6 Å². The van der Waals surface area contributed by atoms with E-state index >= 15 is 0 Å². The Bertz CT molecular complexity index is 569. The maximum atomic E-state index is 10.4. The fraction of sp³-hybridized carbons (Fsp3) is 0.333. The van der Waals surface area contributed by atoms with E-state index in [9.17, 15) is 5.11 Å². The molecule has 0 aromatic carbocycles. The smallest absolute Gasteiger partial charge is 0.241 e. The number of methoxy groups -OCH3 is 2. The van der Waals surface area contributed by atoms with Gasteiger partial charge in [-0.2, -0.15) is 4.98 Å². The van der Waals surface area contributed by atoms with Crippen LogP contribution in [-0.2, 0) is 0 Å². The molecule has 1 unspecified atom stereocenters. The summed E-state index contributed by atoms with van der Waals surface area (Å²) in [5, 5.41) is 10.4. The van der Waals surface area contributed by atoms with Crippen LogP contribution in [0.4, 0.5) is 0 Å². The van der Waals surface area contributed by atoms with Crippen LogP contribution in [0.25, 0.3) is 0 Å². The SMILES string of the molecule is COc1cnc(C(O)c2cc(Br)c(C)s2)c(OC)n1. The zero-order chi connectivity index (χ0) is 14.0. The Morgan fingerprint density at radius 3 is 2.63 bits per heavy atom. The number of aliphatic hydroxyl groups excluding tert-OH is 1. The fourth-order valence-electron chi connectivity index (χ4n) is 1.55. The van der Waals surface area contributed by atoms with Gasteiger partial charge in [0.25, 0.3) is 0 Å². The van der Waals surface area contributed by atoms with Gasteiger partial charge in [0.15, 0.2) is 0 Å². The van der Waals surface area contributed by atoms with Crippen molar-refractivity contribution in [2.45, 2.75) is 13.0 Å². The normalized spacial score (nSPS) is 12.3. The van der Waals surface area contributed by atoms with Gasteiger partial charge in [0.05, 0.1) is 20.4 Å². The maximum Gasteiger partial charge on any atom is 0.241 e. The van der Waals surface area contributed by atoms with Crippen LogP contribution in [-0.4, -0.2) is 29.3 Å². The van der Waals surface area contributed by atoms with E-state index in [1.807, 2.05) is 13.0 Å². The number of aliphatic hydroxyl groups is 1. The first-order chi connectivity index (χ1) is 9.06. The molecule has 2 aromatic heterocycles. The van der Waals surface area contributed by atoms with Crippen LogP contribution >= 0.6 is 27.3 Å². The average Bonchev–Trinajstić information content (AvgIpc) is 2.77. The van der Waals surface area contributed by atoms with E-state index in [1.54, 1.807) is 0 Å². The molecule has 19 heavy (non-hydrogen) atoms. The number of hydrogen-bond donors (Lipinski definition) is 1. The lowest BCUT2D eigenvalue weighted by Gasteiger charge is -2.12. The van der Waals surface area contributed by atoms with Crippen molar-refractivity contribution >= 4 is 27.3 Å². The molecule has 0 fully saturated rings. The first-order valence-corrected chi connectivity index (χ1v) is 7.06. The highest BCUT2D eigenvalue weighted by molar-refractivity contribution is 9.10. The summed E-state index contributed by atoms with van der Waals surface area (Å²) in [6.45, 7) is 1.97. The molecular weight excluding hydrogens is 332 g/mol. The van der Waals surface area contributed by atoms with E-state index in [4.69, 9.17) is 9.47 Å². The Hall–Kier alpha value is -1.18. The molecule has 2 heterocycles. The first kappa shape index (κ1) is 14.2. The molecule has 0 spiro atoms. The summed E-state index contributed by atoms with van der Waals surface area (Å²) in [5.74, 6) is 0.602. The first-order valence-electron chi connectivity index (χ1n) is 5.45. The summed E-state index contributed by atoms with van der Waals surface area (Å²) in [7, 11) is 2.98. The number of thiophene rings is 1. The zero-order valence-corrected chi connectivity index (χ0v) is 13.1. The summed E-state index contributed by atoms with van der Waals surface area (Å²) in [6.07, 6.45) is 0.583. The van der Waals surface area contributed by atoms with Crippen molar-refractivity contribution in [2.24, 2.45) is 0 Å². The van der Waals surface area contributed by atoms with E-state index in [2.05, 4.69) is 25.9 Å². The van der Waals surface area contributed by atoms with E-state index in [-0.39, 0.29) is 5.88 Å². The highest BCUT2D eigenvalue weighted by Gasteiger charge is 2.21. The Kier molecular flexibility index (Phi) is 4.38. The van der Waals surface area contributed by atoms with E-state index in [0.29, 0.717) is 11.6 Å². The van der Waals surface area contributed by atoms with Crippen LogP contribution in [0.15, 0.2) is 16.7 Å². The molecule has 5 nitrogen and oxygen atoms in total. The molecule has 1 atom stereocenters. The van der Waals surface area contributed by atoms with Crippen LogP contribution in [0.1, 0.15) is 21.6 Å². The average molecular weight is 345 g/mol. The lowest BCUT2D eigenvalue weighted by atomic mass is 10.2.